The van der Waals surface area contributed by atoms with E-state index in [2.05, 4.69) is 34.2 Å². The maximum Gasteiger partial charge on any atom is 0.170 e. The van der Waals surface area contributed by atoms with Crippen LogP contribution >= 0.6 is 11.6 Å². The van der Waals surface area contributed by atoms with E-state index in [1.165, 1.54) is 12.1 Å². The summed E-state index contributed by atoms with van der Waals surface area (Å²) in [6.45, 7) is 3.44. The average Bonchev–Trinajstić information content (AvgIpc) is 3.39. The minimum Gasteiger partial charge on any atom is -0.504 e. The summed E-state index contributed by atoms with van der Waals surface area (Å²) >= 11 is 6.03. The third-order valence-electron chi connectivity index (χ3n) is 6.97. The summed E-state index contributed by atoms with van der Waals surface area (Å²) in [6, 6.07) is 12.8. The number of Topliss-reactive ketones (excluding diaryl/α,β-unsaturated/α-hetero) is 1. The van der Waals surface area contributed by atoms with Crippen LogP contribution in [0.3, 0.4) is 0 Å². The van der Waals surface area contributed by atoms with E-state index < -0.39 is 11.6 Å². The van der Waals surface area contributed by atoms with E-state index in [-0.39, 0.29) is 17.2 Å². The summed E-state index contributed by atoms with van der Waals surface area (Å²) in [7, 11) is 4.20. The molecule has 196 valence electrons. The lowest BCUT2D eigenvalue weighted by atomic mass is 9.99. The molecule has 1 aliphatic rings. The molecule has 0 radical (unpaired) electrons. The number of rotatable bonds is 7. The zero-order valence-corrected chi connectivity index (χ0v) is 22.3. The van der Waals surface area contributed by atoms with Gasteiger partial charge in [0.25, 0.3) is 0 Å². The summed E-state index contributed by atoms with van der Waals surface area (Å²) in [6.07, 6.45) is 4.81. The molecule has 0 spiro atoms. The van der Waals surface area contributed by atoms with E-state index in [0.717, 1.165) is 47.7 Å². The highest BCUT2D eigenvalue weighted by molar-refractivity contribution is 6.32. The number of carbonyl (C=O) groups is 1. The smallest absolute Gasteiger partial charge is 0.170 e. The Balaban J connectivity index is 1.51. The van der Waals surface area contributed by atoms with Crippen molar-refractivity contribution in [1.82, 2.24) is 14.9 Å². The Morgan fingerprint density at radius 2 is 1.97 bits per heavy atom. The van der Waals surface area contributed by atoms with Gasteiger partial charge in [-0.15, -0.1) is 0 Å². The van der Waals surface area contributed by atoms with E-state index in [1.807, 2.05) is 30.3 Å². The molecule has 2 aromatic heterocycles. The number of ketones is 1. The Morgan fingerprint density at radius 3 is 2.63 bits per heavy atom. The minimum atomic E-state index is -0.796. The lowest BCUT2D eigenvalue weighted by molar-refractivity contribution is -0.116. The molecule has 1 saturated heterocycles. The lowest BCUT2D eigenvalue weighted by Crippen LogP contribution is -2.31. The molecule has 1 atom stereocenters. The van der Waals surface area contributed by atoms with Gasteiger partial charge < -0.3 is 20.2 Å². The number of anilines is 3. The molecule has 0 aliphatic carbocycles. The van der Waals surface area contributed by atoms with Gasteiger partial charge in [0.2, 0.25) is 0 Å². The van der Waals surface area contributed by atoms with Crippen molar-refractivity contribution in [3.05, 3.63) is 71.3 Å². The summed E-state index contributed by atoms with van der Waals surface area (Å²) in [5, 5.41) is 13.9. The summed E-state index contributed by atoms with van der Waals surface area (Å²) in [5.74, 6) is -0.436. The number of likely N-dealkylation sites (N-methyl/N-ethyl adjacent to an activating group) is 1. The van der Waals surface area contributed by atoms with Crippen LogP contribution in [0.4, 0.5) is 21.6 Å². The summed E-state index contributed by atoms with van der Waals surface area (Å²) in [4.78, 5) is 25.8. The van der Waals surface area contributed by atoms with Crippen molar-refractivity contribution in [2.75, 3.05) is 37.4 Å². The van der Waals surface area contributed by atoms with Crippen LogP contribution in [0.1, 0.15) is 18.9 Å². The molecular weight excluding hydrogens is 505 g/mol. The maximum absolute atomic E-state index is 14.2. The molecule has 3 heterocycles. The van der Waals surface area contributed by atoms with Gasteiger partial charge >= 0.3 is 0 Å². The predicted molar refractivity (Wildman–Crippen MR) is 150 cm³/mol. The average molecular weight is 534 g/mol. The molecule has 1 aliphatic heterocycles. The van der Waals surface area contributed by atoms with Crippen LogP contribution in [0.25, 0.3) is 22.0 Å². The fourth-order valence-corrected chi connectivity index (χ4v) is 5.07. The Hall–Kier alpha value is -3.75. The zero-order valence-electron chi connectivity index (χ0n) is 21.5. The molecule has 0 bridgehead atoms. The number of aromatic nitrogens is 2. The first kappa shape index (κ1) is 25.9. The van der Waals surface area contributed by atoms with Gasteiger partial charge in [0.05, 0.1) is 28.1 Å². The fraction of sp³-hybridized carbons (Fsp3) is 0.276. The molecule has 2 aromatic carbocycles. The SMILES string of the molecule is CC(=O)Cc1cnc2ccc(-c3cc(F)c(O)c(Cl)c3)cc2c1Nc1ccc(N2CCC(N(C)C)C2)nc1. The zero-order chi connectivity index (χ0) is 27.0. The minimum absolute atomic E-state index is 0.00990. The van der Waals surface area contributed by atoms with Crippen LogP contribution in [0.15, 0.2) is 54.9 Å². The Kier molecular flexibility index (Phi) is 7.19. The Morgan fingerprint density at radius 1 is 1.16 bits per heavy atom. The molecule has 38 heavy (non-hydrogen) atoms. The van der Waals surface area contributed by atoms with Crippen LogP contribution in [-0.2, 0) is 11.2 Å². The van der Waals surface area contributed by atoms with E-state index in [1.54, 1.807) is 19.3 Å². The van der Waals surface area contributed by atoms with Crippen LogP contribution in [0, 0.1) is 5.82 Å². The van der Waals surface area contributed by atoms with Gasteiger partial charge in [0.1, 0.15) is 11.6 Å². The number of aromatic hydroxyl groups is 1. The number of halogens is 2. The second-order valence-corrected chi connectivity index (χ2v) is 10.3. The van der Waals surface area contributed by atoms with Crippen molar-refractivity contribution < 1.29 is 14.3 Å². The Bertz CT molecular complexity index is 1490. The number of pyridine rings is 2. The number of nitrogens with zero attached hydrogens (tertiary/aromatic N) is 4. The molecular formula is C29H29ClFN5O2. The number of carbonyl (C=O) groups excluding carboxylic acids is 1. The molecule has 0 amide bonds. The van der Waals surface area contributed by atoms with Crippen molar-refractivity contribution in [2.24, 2.45) is 0 Å². The summed E-state index contributed by atoms with van der Waals surface area (Å²) < 4.78 is 14.2. The summed E-state index contributed by atoms with van der Waals surface area (Å²) in [5.41, 5.74) is 4.18. The molecule has 4 aromatic rings. The second kappa shape index (κ2) is 10.6. The van der Waals surface area contributed by atoms with E-state index in [4.69, 9.17) is 16.6 Å². The van der Waals surface area contributed by atoms with Crippen molar-refractivity contribution in [2.45, 2.75) is 25.8 Å². The number of phenolic OH excluding ortho intramolecular Hbond substituents is 1. The Labute approximate surface area is 225 Å². The second-order valence-electron chi connectivity index (χ2n) is 9.94. The van der Waals surface area contributed by atoms with Crippen molar-refractivity contribution >= 4 is 45.5 Å². The number of nitrogens with one attached hydrogen (secondary N) is 1. The number of hydrogen-bond donors (Lipinski definition) is 2. The number of fused-ring (bicyclic) bond motifs is 1. The van der Waals surface area contributed by atoms with E-state index in [9.17, 15) is 14.3 Å². The highest BCUT2D eigenvalue weighted by Crippen LogP contribution is 2.36. The largest absolute Gasteiger partial charge is 0.504 e. The van der Waals surface area contributed by atoms with Gasteiger partial charge in [-0.2, -0.15) is 0 Å². The normalized spacial score (nSPS) is 15.4. The first-order valence-electron chi connectivity index (χ1n) is 12.4. The molecule has 2 N–H and O–H groups in total. The topological polar surface area (TPSA) is 81.6 Å². The highest BCUT2D eigenvalue weighted by Gasteiger charge is 2.24. The van der Waals surface area contributed by atoms with Gasteiger partial charge in [-0.25, -0.2) is 9.37 Å². The lowest BCUT2D eigenvalue weighted by Gasteiger charge is -2.21. The predicted octanol–water partition coefficient (Wildman–Crippen LogP) is 5.81. The van der Waals surface area contributed by atoms with Gasteiger partial charge in [-0.3, -0.25) is 9.78 Å². The van der Waals surface area contributed by atoms with Gasteiger partial charge in [-0.1, -0.05) is 17.7 Å². The van der Waals surface area contributed by atoms with Gasteiger partial charge in [0, 0.05) is 42.7 Å². The van der Waals surface area contributed by atoms with E-state index >= 15 is 0 Å². The van der Waals surface area contributed by atoms with Crippen molar-refractivity contribution in [3.8, 4) is 16.9 Å². The van der Waals surface area contributed by atoms with Gasteiger partial charge in [-0.05, 0) is 75.0 Å². The third kappa shape index (κ3) is 5.28. The fourth-order valence-electron chi connectivity index (χ4n) is 4.86. The molecule has 1 unspecified atom stereocenters. The molecule has 9 heteroatoms. The molecule has 0 saturated carbocycles. The monoisotopic (exact) mass is 533 g/mol. The van der Waals surface area contributed by atoms with Gasteiger partial charge in [0.15, 0.2) is 11.6 Å². The molecule has 1 fully saturated rings. The number of benzene rings is 2. The standard InChI is InChI=1S/C29H29ClFN5O2/c1-17(37)10-20-14-32-26-6-4-18(19-12-24(30)29(38)25(31)13-19)11-23(26)28(20)34-21-5-7-27(33-15-21)36-9-8-22(16-36)35(2)3/h4-7,11-15,22,38H,8-10,16H2,1-3H3,(H,32,34). The maximum atomic E-state index is 14.2. The highest BCUT2D eigenvalue weighted by atomic mass is 35.5. The van der Waals surface area contributed by atoms with Crippen LogP contribution in [0.5, 0.6) is 5.75 Å². The quantitative estimate of drug-likeness (QED) is 0.310. The van der Waals surface area contributed by atoms with Crippen LogP contribution in [0.2, 0.25) is 5.02 Å². The van der Waals surface area contributed by atoms with E-state index in [0.29, 0.717) is 22.7 Å². The third-order valence-corrected chi connectivity index (χ3v) is 7.26. The molecule has 5 rings (SSSR count). The van der Waals surface area contributed by atoms with Crippen molar-refractivity contribution in [1.29, 1.82) is 0 Å². The first-order chi connectivity index (χ1) is 18.2. The first-order valence-corrected chi connectivity index (χ1v) is 12.8. The molecule has 7 nitrogen and oxygen atoms in total. The van der Waals surface area contributed by atoms with Crippen molar-refractivity contribution in [3.63, 3.8) is 0 Å². The number of hydrogen-bond acceptors (Lipinski definition) is 7. The number of phenols is 1. The van der Waals surface area contributed by atoms with Crippen LogP contribution in [-0.4, -0.2) is 59.0 Å². The van der Waals surface area contributed by atoms with Crippen LogP contribution < -0.4 is 10.2 Å².